The summed E-state index contributed by atoms with van der Waals surface area (Å²) < 4.78 is 13.0. The van der Waals surface area contributed by atoms with Crippen LogP contribution < -0.4 is 10.9 Å². The Morgan fingerprint density at radius 1 is 1.33 bits per heavy atom. The van der Waals surface area contributed by atoms with Crippen molar-refractivity contribution in [1.82, 2.24) is 10.2 Å². The van der Waals surface area contributed by atoms with Gasteiger partial charge in [-0.3, -0.25) is 9.59 Å². The Kier molecular flexibility index (Phi) is 3.18. The highest BCUT2D eigenvalue weighted by Crippen LogP contribution is 2.14. The van der Waals surface area contributed by atoms with E-state index in [2.05, 4.69) is 15.5 Å². The van der Waals surface area contributed by atoms with Gasteiger partial charge in [0.15, 0.2) is 0 Å². The Balaban J connectivity index is 2.18. The number of rotatable bonds is 2. The molecule has 2 rings (SSSR count). The molecule has 0 aliphatic rings. The lowest BCUT2D eigenvalue weighted by Crippen LogP contribution is -2.17. The number of H-pyrrole nitrogens is 1. The molecule has 0 spiro atoms. The van der Waals surface area contributed by atoms with Gasteiger partial charge >= 0.3 is 0 Å². The number of nitrogens with zero attached hydrogens (tertiary/aromatic N) is 1. The van der Waals surface area contributed by atoms with Crippen LogP contribution in [-0.4, -0.2) is 16.1 Å². The van der Waals surface area contributed by atoms with Gasteiger partial charge in [0.25, 0.3) is 11.5 Å². The van der Waals surface area contributed by atoms with Crippen LogP contribution in [0, 0.1) is 12.7 Å². The number of aromatic amines is 1. The SMILES string of the molecule is Cc1cc(NC(=O)c2ccc(=O)[nH]n2)ccc1F. The molecule has 0 atom stereocenters. The van der Waals surface area contributed by atoms with E-state index in [-0.39, 0.29) is 17.1 Å². The number of amides is 1. The number of anilines is 1. The molecule has 1 aromatic heterocycles. The first-order chi connectivity index (χ1) is 8.56. The van der Waals surface area contributed by atoms with Crippen LogP contribution in [0.15, 0.2) is 35.1 Å². The summed E-state index contributed by atoms with van der Waals surface area (Å²) in [6, 6.07) is 6.75. The maximum atomic E-state index is 13.0. The second kappa shape index (κ2) is 4.79. The fraction of sp³-hybridized carbons (Fsp3) is 0.0833. The molecule has 5 nitrogen and oxygen atoms in total. The maximum Gasteiger partial charge on any atom is 0.276 e. The van der Waals surface area contributed by atoms with Gasteiger partial charge in [0.1, 0.15) is 11.5 Å². The van der Waals surface area contributed by atoms with Gasteiger partial charge in [0.05, 0.1) is 0 Å². The number of aryl methyl sites for hydroxylation is 1. The summed E-state index contributed by atoms with van der Waals surface area (Å²) in [6.07, 6.45) is 0. The number of carbonyl (C=O) groups excluding carboxylic acids is 1. The number of carbonyl (C=O) groups is 1. The van der Waals surface area contributed by atoms with Crippen LogP contribution in [-0.2, 0) is 0 Å². The van der Waals surface area contributed by atoms with E-state index in [0.29, 0.717) is 11.3 Å². The zero-order valence-corrected chi connectivity index (χ0v) is 9.53. The van der Waals surface area contributed by atoms with E-state index in [1.807, 2.05) is 0 Å². The normalized spacial score (nSPS) is 10.1. The molecule has 0 bridgehead atoms. The van der Waals surface area contributed by atoms with Gasteiger partial charge in [0, 0.05) is 11.8 Å². The van der Waals surface area contributed by atoms with Crippen molar-refractivity contribution < 1.29 is 9.18 Å². The first-order valence-corrected chi connectivity index (χ1v) is 5.19. The number of aromatic nitrogens is 2. The van der Waals surface area contributed by atoms with Crippen molar-refractivity contribution in [3.63, 3.8) is 0 Å². The summed E-state index contributed by atoms with van der Waals surface area (Å²) in [5.41, 5.74) is 0.592. The molecule has 1 heterocycles. The molecule has 0 saturated heterocycles. The summed E-state index contributed by atoms with van der Waals surface area (Å²) in [5, 5.41) is 8.31. The molecule has 0 aliphatic heterocycles. The highest BCUT2D eigenvalue weighted by Gasteiger charge is 2.08. The minimum atomic E-state index is -0.475. The van der Waals surface area contributed by atoms with Gasteiger partial charge in [-0.1, -0.05) is 0 Å². The maximum absolute atomic E-state index is 13.0. The molecule has 1 aromatic carbocycles. The zero-order valence-electron chi connectivity index (χ0n) is 9.53. The fourth-order valence-electron chi connectivity index (χ4n) is 1.39. The van der Waals surface area contributed by atoms with Crippen molar-refractivity contribution in [2.75, 3.05) is 5.32 Å². The smallest absolute Gasteiger partial charge is 0.276 e. The van der Waals surface area contributed by atoms with E-state index in [0.717, 1.165) is 0 Å². The topological polar surface area (TPSA) is 74.8 Å². The molecule has 92 valence electrons. The lowest BCUT2D eigenvalue weighted by atomic mass is 10.2. The number of nitrogens with one attached hydrogen (secondary N) is 2. The Hall–Kier alpha value is -2.50. The van der Waals surface area contributed by atoms with E-state index in [4.69, 9.17) is 0 Å². The first kappa shape index (κ1) is 12.0. The second-order valence-corrected chi connectivity index (χ2v) is 3.72. The molecular formula is C12H10FN3O2. The van der Waals surface area contributed by atoms with Crippen molar-refractivity contribution >= 4 is 11.6 Å². The molecule has 18 heavy (non-hydrogen) atoms. The molecule has 0 saturated carbocycles. The number of hydrogen-bond acceptors (Lipinski definition) is 3. The Bertz CT molecular complexity index is 632. The van der Waals surface area contributed by atoms with Crippen molar-refractivity contribution in [1.29, 1.82) is 0 Å². The van der Waals surface area contributed by atoms with Crippen LogP contribution in [0.4, 0.5) is 10.1 Å². The summed E-state index contributed by atoms with van der Waals surface area (Å²) >= 11 is 0. The largest absolute Gasteiger partial charge is 0.321 e. The third kappa shape index (κ3) is 2.60. The number of hydrogen-bond donors (Lipinski definition) is 2. The monoisotopic (exact) mass is 247 g/mol. The van der Waals surface area contributed by atoms with E-state index in [9.17, 15) is 14.0 Å². The first-order valence-electron chi connectivity index (χ1n) is 5.19. The Labute approximate surface area is 102 Å². The van der Waals surface area contributed by atoms with E-state index < -0.39 is 5.91 Å². The predicted octanol–water partition coefficient (Wildman–Crippen LogP) is 1.47. The average Bonchev–Trinajstić information content (AvgIpc) is 2.34. The van der Waals surface area contributed by atoms with Gasteiger partial charge in [-0.25, -0.2) is 9.49 Å². The summed E-state index contributed by atoms with van der Waals surface area (Å²) in [7, 11) is 0. The third-order valence-electron chi connectivity index (χ3n) is 2.33. The molecule has 2 aromatic rings. The highest BCUT2D eigenvalue weighted by atomic mass is 19.1. The molecule has 0 fully saturated rings. The van der Waals surface area contributed by atoms with E-state index >= 15 is 0 Å². The highest BCUT2D eigenvalue weighted by molar-refractivity contribution is 6.02. The molecule has 0 unspecified atom stereocenters. The van der Waals surface area contributed by atoms with Crippen LogP contribution in [0.1, 0.15) is 16.1 Å². The predicted molar refractivity (Wildman–Crippen MR) is 63.9 cm³/mol. The minimum absolute atomic E-state index is 0.0802. The van der Waals surface area contributed by atoms with Gasteiger partial charge in [-0.15, -0.1) is 0 Å². The van der Waals surface area contributed by atoms with Crippen molar-refractivity contribution in [2.45, 2.75) is 6.92 Å². The quantitative estimate of drug-likeness (QED) is 0.843. The third-order valence-corrected chi connectivity index (χ3v) is 2.33. The molecule has 1 amide bonds. The van der Waals surface area contributed by atoms with Crippen LogP contribution >= 0.6 is 0 Å². The standard InChI is InChI=1S/C12H10FN3O2/c1-7-6-8(2-3-9(7)13)14-12(18)10-4-5-11(17)16-15-10/h2-6H,1H3,(H,14,18)(H,16,17). The van der Waals surface area contributed by atoms with Crippen LogP contribution in [0.5, 0.6) is 0 Å². The van der Waals surface area contributed by atoms with Gasteiger partial charge in [-0.05, 0) is 36.8 Å². The minimum Gasteiger partial charge on any atom is -0.321 e. The molecular weight excluding hydrogens is 237 g/mol. The van der Waals surface area contributed by atoms with Crippen molar-refractivity contribution in [3.8, 4) is 0 Å². The molecule has 0 radical (unpaired) electrons. The summed E-state index contributed by atoms with van der Waals surface area (Å²) in [4.78, 5) is 22.5. The van der Waals surface area contributed by atoms with Gasteiger partial charge < -0.3 is 5.32 Å². The van der Waals surface area contributed by atoms with Gasteiger partial charge in [-0.2, -0.15) is 5.10 Å². The average molecular weight is 247 g/mol. The lowest BCUT2D eigenvalue weighted by molar-refractivity contribution is 0.102. The van der Waals surface area contributed by atoms with Gasteiger partial charge in [0.2, 0.25) is 0 Å². The number of benzene rings is 1. The lowest BCUT2D eigenvalue weighted by Gasteiger charge is -2.05. The van der Waals surface area contributed by atoms with Crippen molar-refractivity contribution in [2.24, 2.45) is 0 Å². The molecule has 0 aliphatic carbocycles. The van der Waals surface area contributed by atoms with E-state index in [1.54, 1.807) is 6.92 Å². The second-order valence-electron chi connectivity index (χ2n) is 3.72. The Morgan fingerprint density at radius 3 is 2.72 bits per heavy atom. The van der Waals surface area contributed by atoms with Crippen LogP contribution in [0.2, 0.25) is 0 Å². The van der Waals surface area contributed by atoms with Crippen LogP contribution in [0.3, 0.4) is 0 Å². The number of halogens is 1. The van der Waals surface area contributed by atoms with Crippen LogP contribution in [0.25, 0.3) is 0 Å². The van der Waals surface area contributed by atoms with E-state index in [1.165, 1.54) is 30.3 Å². The zero-order chi connectivity index (χ0) is 13.1. The molecule has 6 heteroatoms. The van der Waals surface area contributed by atoms with Crippen molar-refractivity contribution in [3.05, 3.63) is 57.8 Å². The molecule has 2 N–H and O–H groups in total. The summed E-state index contributed by atoms with van der Waals surface area (Å²) in [5.74, 6) is -0.813. The summed E-state index contributed by atoms with van der Waals surface area (Å²) in [6.45, 7) is 1.60. The Morgan fingerprint density at radius 2 is 2.11 bits per heavy atom. The fourth-order valence-corrected chi connectivity index (χ4v) is 1.39.